The van der Waals surface area contributed by atoms with E-state index in [0.29, 0.717) is 5.92 Å². The topological polar surface area (TPSA) is 20.2 Å². The van der Waals surface area contributed by atoms with Gasteiger partial charge in [-0.25, -0.2) is 0 Å². The Morgan fingerprint density at radius 3 is 2.36 bits per heavy atom. The largest absolute Gasteiger partial charge is 0.388 e. The van der Waals surface area contributed by atoms with Gasteiger partial charge < -0.3 is 5.11 Å². The quantitative estimate of drug-likeness (QED) is 0.804. The molecule has 2 heteroatoms. The molecule has 0 amide bonds. The van der Waals surface area contributed by atoms with E-state index in [4.69, 9.17) is 0 Å². The predicted octanol–water partition coefficient (Wildman–Crippen LogP) is 3.83. The van der Waals surface area contributed by atoms with Gasteiger partial charge in [0.05, 0.1) is 6.10 Å². The third-order valence-corrected chi connectivity index (χ3v) is 3.65. The van der Waals surface area contributed by atoms with Crippen molar-refractivity contribution in [1.29, 1.82) is 0 Å². The van der Waals surface area contributed by atoms with Crippen molar-refractivity contribution >= 4 is 11.3 Å². The summed E-state index contributed by atoms with van der Waals surface area (Å²) in [5.41, 5.74) is 1.24. The SMILES string of the molecule is Cc1cc(C)c(C(O)CCC(C)C)s1. The van der Waals surface area contributed by atoms with Crippen molar-refractivity contribution in [2.45, 2.75) is 46.6 Å². The molecule has 0 spiro atoms. The summed E-state index contributed by atoms with van der Waals surface area (Å²) in [4.78, 5) is 2.45. The lowest BCUT2D eigenvalue weighted by Crippen LogP contribution is -1.99. The van der Waals surface area contributed by atoms with Crippen LogP contribution >= 0.6 is 11.3 Å². The van der Waals surface area contributed by atoms with Gasteiger partial charge >= 0.3 is 0 Å². The summed E-state index contributed by atoms with van der Waals surface area (Å²) < 4.78 is 0. The van der Waals surface area contributed by atoms with Gasteiger partial charge in [0.2, 0.25) is 0 Å². The van der Waals surface area contributed by atoms with Gasteiger partial charge in [-0.05, 0) is 44.2 Å². The Morgan fingerprint density at radius 2 is 1.93 bits per heavy atom. The first-order valence-electron chi connectivity index (χ1n) is 5.25. The van der Waals surface area contributed by atoms with Crippen LogP contribution in [0.5, 0.6) is 0 Å². The Balaban J connectivity index is 2.60. The van der Waals surface area contributed by atoms with Crippen LogP contribution in [0, 0.1) is 19.8 Å². The summed E-state index contributed by atoms with van der Waals surface area (Å²) in [5.74, 6) is 0.672. The third-order valence-electron chi connectivity index (χ3n) is 2.40. The Morgan fingerprint density at radius 1 is 1.29 bits per heavy atom. The van der Waals surface area contributed by atoms with E-state index >= 15 is 0 Å². The van der Waals surface area contributed by atoms with Crippen LogP contribution in [0.4, 0.5) is 0 Å². The van der Waals surface area contributed by atoms with Gasteiger partial charge in [0.1, 0.15) is 0 Å². The van der Waals surface area contributed by atoms with E-state index in [1.807, 2.05) is 0 Å². The highest BCUT2D eigenvalue weighted by molar-refractivity contribution is 7.12. The van der Waals surface area contributed by atoms with Crippen LogP contribution in [-0.4, -0.2) is 5.11 Å². The van der Waals surface area contributed by atoms with Gasteiger partial charge in [0.25, 0.3) is 0 Å². The molecule has 0 aromatic carbocycles. The molecule has 1 N–H and O–H groups in total. The van der Waals surface area contributed by atoms with Crippen molar-refractivity contribution in [3.8, 4) is 0 Å². The number of rotatable bonds is 4. The van der Waals surface area contributed by atoms with Gasteiger partial charge in [-0.15, -0.1) is 11.3 Å². The summed E-state index contributed by atoms with van der Waals surface area (Å²) in [6.45, 7) is 8.56. The van der Waals surface area contributed by atoms with Crippen molar-refractivity contribution in [2.75, 3.05) is 0 Å². The summed E-state index contributed by atoms with van der Waals surface area (Å²) in [6.07, 6.45) is 1.73. The Kier molecular flexibility index (Phi) is 4.14. The molecule has 1 atom stereocenters. The number of aryl methyl sites for hydroxylation is 2. The van der Waals surface area contributed by atoms with Crippen LogP contribution in [0.1, 0.15) is 48.1 Å². The molecular formula is C12H20OS. The van der Waals surface area contributed by atoms with E-state index < -0.39 is 0 Å². The molecule has 0 radical (unpaired) electrons. The van der Waals surface area contributed by atoms with Gasteiger partial charge in [0, 0.05) is 9.75 Å². The molecule has 1 unspecified atom stereocenters. The number of thiophene rings is 1. The van der Waals surface area contributed by atoms with E-state index in [2.05, 4.69) is 33.8 Å². The molecule has 0 aliphatic heterocycles. The van der Waals surface area contributed by atoms with Gasteiger partial charge in [-0.2, -0.15) is 0 Å². The normalized spacial score (nSPS) is 13.6. The highest BCUT2D eigenvalue weighted by atomic mass is 32.1. The fourth-order valence-corrected chi connectivity index (χ4v) is 2.67. The standard InChI is InChI=1S/C12H20OS/c1-8(2)5-6-11(13)12-9(3)7-10(4)14-12/h7-8,11,13H,5-6H2,1-4H3. The molecule has 0 saturated heterocycles. The molecule has 0 aliphatic carbocycles. The molecular weight excluding hydrogens is 192 g/mol. The van der Waals surface area contributed by atoms with Crippen molar-refractivity contribution in [3.05, 3.63) is 21.4 Å². The van der Waals surface area contributed by atoms with Crippen LogP contribution in [0.2, 0.25) is 0 Å². The lowest BCUT2D eigenvalue weighted by molar-refractivity contribution is 0.162. The second-order valence-corrected chi connectivity index (χ2v) is 5.68. The maximum atomic E-state index is 9.97. The zero-order valence-electron chi connectivity index (χ0n) is 9.50. The number of aliphatic hydroxyl groups excluding tert-OH is 1. The molecule has 1 aromatic rings. The number of aliphatic hydroxyl groups is 1. The molecule has 1 nitrogen and oxygen atoms in total. The van der Waals surface area contributed by atoms with Crippen molar-refractivity contribution in [2.24, 2.45) is 5.92 Å². The minimum Gasteiger partial charge on any atom is -0.388 e. The number of hydrogen-bond donors (Lipinski definition) is 1. The minimum absolute atomic E-state index is 0.254. The lowest BCUT2D eigenvalue weighted by atomic mass is 10.0. The lowest BCUT2D eigenvalue weighted by Gasteiger charge is -2.11. The molecule has 80 valence electrons. The minimum atomic E-state index is -0.254. The fourth-order valence-electron chi connectivity index (χ4n) is 1.61. The molecule has 14 heavy (non-hydrogen) atoms. The second kappa shape index (κ2) is 4.94. The highest BCUT2D eigenvalue weighted by Gasteiger charge is 2.13. The summed E-state index contributed by atoms with van der Waals surface area (Å²) in [6, 6.07) is 2.15. The smallest absolute Gasteiger partial charge is 0.0884 e. The highest BCUT2D eigenvalue weighted by Crippen LogP contribution is 2.30. The molecule has 1 rings (SSSR count). The van der Waals surface area contributed by atoms with E-state index in [1.165, 1.54) is 10.4 Å². The van der Waals surface area contributed by atoms with E-state index in [1.54, 1.807) is 11.3 Å². The van der Waals surface area contributed by atoms with E-state index in [-0.39, 0.29) is 6.10 Å². The van der Waals surface area contributed by atoms with Gasteiger partial charge in [-0.1, -0.05) is 13.8 Å². The zero-order chi connectivity index (χ0) is 10.7. The third kappa shape index (κ3) is 3.10. The van der Waals surface area contributed by atoms with Crippen LogP contribution in [0.3, 0.4) is 0 Å². The molecule has 0 fully saturated rings. The monoisotopic (exact) mass is 212 g/mol. The Bertz CT molecular complexity index is 289. The molecule has 0 aliphatic rings. The first-order valence-corrected chi connectivity index (χ1v) is 6.07. The van der Waals surface area contributed by atoms with Crippen LogP contribution in [-0.2, 0) is 0 Å². The molecule has 0 saturated carbocycles. The Labute approximate surface area is 90.8 Å². The average Bonchev–Trinajstić information content (AvgIpc) is 2.41. The van der Waals surface area contributed by atoms with Crippen LogP contribution in [0.25, 0.3) is 0 Å². The van der Waals surface area contributed by atoms with Crippen molar-refractivity contribution in [1.82, 2.24) is 0 Å². The molecule has 1 aromatic heterocycles. The van der Waals surface area contributed by atoms with Crippen molar-refractivity contribution in [3.63, 3.8) is 0 Å². The van der Waals surface area contributed by atoms with Crippen LogP contribution in [0.15, 0.2) is 6.07 Å². The Hall–Kier alpha value is -0.340. The van der Waals surface area contributed by atoms with Crippen molar-refractivity contribution < 1.29 is 5.11 Å². The number of hydrogen-bond acceptors (Lipinski definition) is 2. The summed E-state index contributed by atoms with van der Waals surface area (Å²) in [7, 11) is 0. The summed E-state index contributed by atoms with van der Waals surface area (Å²) >= 11 is 1.72. The van der Waals surface area contributed by atoms with E-state index in [0.717, 1.165) is 17.7 Å². The molecule has 0 bridgehead atoms. The molecule has 1 heterocycles. The first kappa shape index (κ1) is 11.7. The van der Waals surface area contributed by atoms with Gasteiger partial charge in [0.15, 0.2) is 0 Å². The predicted molar refractivity (Wildman–Crippen MR) is 62.8 cm³/mol. The second-order valence-electron chi connectivity index (χ2n) is 4.39. The first-order chi connectivity index (χ1) is 6.50. The fraction of sp³-hybridized carbons (Fsp3) is 0.667. The van der Waals surface area contributed by atoms with Gasteiger partial charge in [-0.3, -0.25) is 0 Å². The maximum absolute atomic E-state index is 9.97. The van der Waals surface area contributed by atoms with Crippen LogP contribution < -0.4 is 0 Å². The average molecular weight is 212 g/mol. The maximum Gasteiger partial charge on any atom is 0.0884 e. The van der Waals surface area contributed by atoms with E-state index in [9.17, 15) is 5.11 Å². The zero-order valence-corrected chi connectivity index (χ0v) is 10.3. The summed E-state index contributed by atoms with van der Waals surface area (Å²) in [5, 5.41) is 9.97.